The molecule has 0 amide bonds. The molecule has 0 atom stereocenters. The van der Waals surface area contributed by atoms with Crippen LogP contribution in [0.3, 0.4) is 0 Å². The van der Waals surface area contributed by atoms with Crippen molar-refractivity contribution >= 4 is 0 Å². The van der Waals surface area contributed by atoms with Gasteiger partial charge in [-0.1, -0.05) is 0 Å². The van der Waals surface area contributed by atoms with Crippen molar-refractivity contribution in [3.05, 3.63) is 0 Å². The molecule has 0 aliphatic rings. The molecule has 3 nitrogen and oxygen atoms in total. The van der Waals surface area contributed by atoms with Gasteiger partial charge in [0, 0.05) is 0 Å². The summed E-state index contributed by atoms with van der Waals surface area (Å²) in [5, 5.41) is 0. The van der Waals surface area contributed by atoms with Crippen LogP contribution in [0.1, 0.15) is 0 Å². The number of rotatable bonds is 0. The standard InChI is InChI=1S/Li.Mn.Ni.3O/q+1;;+2;;2*-1. The number of hydrogen-bond acceptors (Lipinski definition) is 3. The van der Waals surface area contributed by atoms with E-state index in [-0.39, 0.29) is 35.4 Å². The second kappa shape index (κ2) is 9.59. The Morgan fingerprint density at radius 1 is 1.33 bits per heavy atom. The van der Waals surface area contributed by atoms with Crippen molar-refractivity contribution in [2.24, 2.45) is 0 Å². The molecular weight excluding hydrogens is 169 g/mol. The Hall–Kier alpha value is 1.33. The third-order valence-electron chi connectivity index (χ3n) is 0. The molecule has 0 aliphatic heterocycles. The summed E-state index contributed by atoms with van der Waals surface area (Å²) >= 11 is -3.65. The van der Waals surface area contributed by atoms with Crippen LogP contribution in [0, 0.1) is 0 Å². The fourth-order valence-corrected chi connectivity index (χ4v) is 0. The van der Waals surface area contributed by atoms with Crippen LogP contribution in [0.4, 0.5) is 0 Å². The Labute approximate surface area is 62.0 Å². The maximum atomic E-state index is 8.52. The fourth-order valence-electron chi connectivity index (χ4n) is 0. The van der Waals surface area contributed by atoms with E-state index < -0.39 is 14.5 Å². The molecule has 0 saturated heterocycles. The first-order valence-electron chi connectivity index (χ1n) is 0.463. The van der Waals surface area contributed by atoms with Crippen LogP contribution in [0.2, 0.25) is 0 Å². The molecule has 0 aromatic rings. The van der Waals surface area contributed by atoms with Gasteiger partial charge >= 0.3 is 62.1 Å². The molecule has 0 saturated carbocycles. The summed E-state index contributed by atoms with van der Waals surface area (Å²) < 4.78 is 25.6. The maximum absolute atomic E-state index is 8.52. The molecular formula is LiMnNiO3+. The summed E-state index contributed by atoms with van der Waals surface area (Å²) in [6, 6.07) is 0. The van der Waals surface area contributed by atoms with Crippen LogP contribution in [-0.4, -0.2) is 0 Å². The van der Waals surface area contributed by atoms with Crippen LogP contribution in [0.15, 0.2) is 0 Å². The van der Waals surface area contributed by atoms with Gasteiger partial charge in [0.1, 0.15) is 0 Å². The first kappa shape index (κ1) is 15.7. The van der Waals surface area contributed by atoms with E-state index in [4.69, 9.17) is 12.2 Å². The molecule has 35 valence electrons. The molecule has 0 aromatic carbocycles. The Morgan fingerprint density at radius 2 is 1.33 bits per heavy atom. The predicted octanol–water partition coefficient (Wildman–Crippen LogP) is -5.50. The van der Waals surface area contributed by atoms with Gasteiger partial charge in [-0.05, 0) is 0 Å². The topological polar surface area (TPSA) is 63.2 Å². The van der Waals surface area contributed by atoms with Gasteiger partial charge in [-0.2, -0.15) is 0 Å². The zero-order valence-electron chi connectivity index (χ0n) is 2.92. The summed E-state index contributed by atoms with van der Waals surface area (Å²) in [5.41, 5.74) is 0. The third-order valence-corrected chi connectivity index (χ3v) is 0. The van der Waals surface area contributed by atoms with E-state index in [1.165, 1.54) is 0 Å². The van der Waals surface area contributed by atoms with Crippen LogP contribution < -0.4 is 27.2 Å². The summed E-state index contributed by atoms with van der Waals surface area (Å²) in [7, 11) is 0. The van der Waals surface area contributed by atoms with Gasteiger partial charge < -0.3 is 0 Å². The van der Waals surface area contributed by atoms with E-state index in [2.05, 4.69) is 0 Å². The average molecular weight is 169 g/mol. The normalized spacial score (nSPS) is 5.83. The van der Waals surface area contributed by atoms with Gasteiger partial charge in [0.05, 0.1) is 0 Å². The first-order valence-corrected chi connectivity index (χ1v) is 1.91. The molecule has 0 spiro atoms. The van der Waals surface area contributed by atoms with E-state index in [1.807, 2.05) is 0 Å². The van der Waals surface area contributed by atoms with Crippen molar-refractivity contribution < 1.29 is 62.1 Å². The SMILES string of the molecule is [Li+].[Ni+2].[O]=[Mn]([O-])[O-]. The van der Waals surface area contributed by atoms with Crippen molar-refractivity contribution in [2.75, 3.05) is 0 Å². The van der Waals surface area contributed by atoms with Gasteiger partial charge in [-0.15, -0.1) is 0 Å². The zero-order valence-corrected chi connectivity index (χ0v) is 5.09. The molecule has 6 heteroatoms. The number of hydrogen-bond donors (Lipinski definition) is 0. The second-order valence-electron chi connectivity index (χ2n) is 0.189. The average Bonchev–Trinajstić information content (AvgIpc) is 0.811. The van der Waals surface area contributed by atoms with Gasteiger partial charge in [0.25, 0.3) is 0 Å². The van der Waals surface area contributed by atoms with Crippen LogP contribution in [0.5, 0.6) is 0 Å². The molecule has 0 bridgehead atoms. The summed E-state index contributed by atoms with van der Waals surface area (Å²) in [6.45, 7) is 0. The quantitative estimate of drug-likeness (QED) is 0.339. The summed E-state index contributed by atoms with van der Waals surface area (Å²) in [5.74, 6) is 0. The van der Waals surface area contributed by atoms with Gasteiger partial charge in [0.15, 0.2) is 0 Å². The molecule has 0 radical (unpaired) electrons. The molecule has 0 fully saturated rings. The first-order chi connectivity index (χ1) is 1.73. The van der Waals surface area contributed by atoms with Crippen LogP contribution >= 0.6 is 0 Å². The van der Waals surface area contributed by atoms with Crippen LogP contribution in [-0.2, 0) is 34.8 Å². The van der Waals surface area contributed by atoms with Crippen molar-refractivity contribution in [3.8, 4) is 0 Å². The van der Waals surface area contributed by atoms with Crippen molar-refractivity contribution in [1.82, 2.24) is 0 Å². The Kier molecular flexibility index (Phi) is 25.0. The molecule has 0 heterocycles. The summed E-state index contributed by atoms with van der Waals surface area (Å²) in [4.78, 5) is 0. The van der Waals surface area contributed by atoms with E-state index >= 15 is 0 Å². The van der Waals surface area contributed by atoms with E-state index in [9.17, 15) is 0 Å². The fraction of sp³-hybridized carbons (Fsp3) is 0. The molecule has 0 rings (SSSR count). The monoisotopic (exact) mass is 168 g/mol. The minimum atomic E-state index is -3.65. The van der Waals surface area contributed by atoms with E-state index in [1.54, 1.807) is 0 Å². The molecule has 0 N–H and O–H groups in total. The van der Waals surface area contributed by atoms with Gasteiger partial charge in [0.2, 0.25) is 0 Å². The van der Waals surface area contributed by atoms with Crippen molar-refractivity contribution in [3.63, 3.8) is 0 Å². The molecule has 0 unspecified atom stereocenters. The third kappa shape index (κ3) is 56.5. The summed E-state index contributed by atoms with van der Waals surface area (Å²) in [6.07, 6.45) is 0. The second-order valence-corrected chi connectivity index (χ2v) is 0.779. The Morgan fingerprint density at radius 3 is 1.33 bits per heavy atom. The zero-order chi connectivity index (χ0) is 3.58. The van der Waals surface area contributed by atoms with Crippen molar-refractivity contribution in [2.45, 2.75) is 0 Å². The molecule has 6 heavy (non-hydrogen) atoms. The van der Waals surface area contributed by atoms with E-state index in [0.717, 1.165) is 0 Å². The van der Waals surface area contributed by atoms with Crippen molar-refractivity contribution in [1.29, 1.82) is 0 Å². The van der Waals surface area contributed by atoms with Gasteiger partial charge in [-0.3, -0.25) is 0 Å². The Bertz CT molecular complexity index is 33.8. The Balaban J connectivity index is -0.0000000450. The minimum absolute atomic E-state index is 0. The van der Waals surface area contributed by atoms with E-state index in [0.29, 0.717) is 0 Å². The predicted molar refractivity (Wildman–Crippen MR) is 0.686 cm³/mol. The van der Waals surface area contributed by atoms with Crippen LogP contribution in [0.25, 0.3) is 0 Å². The van der Waals surface area contributed by atoms with Gasteiger partial charge in [-0.25, -0.2) is 0 Å². The molecule has 0 aliphatic carbocycles. The molecule has 0 aromatic heterocycles.